The van der Waals surface area contributed by atoms with Crippen LogP contribution in [0.5, 0.6) is 0 Å². The van der Waals surface area contributed by atoms with E-state index in [0.717, 1.165) is 13.0 Å². The highest BCUT2D eigenvalue weighted by atomic mass is 16.4. The molecule has 4 nitrogen and oxygen atoms in total. The lowest BCUT2D eigenvalue weighted by atomic mass is 9.91. The molecule has 0 aromatic carbocycles. The summed E-state index contributed by atoms with van der Waals surface area (Å²) in [6.45, 7) is 0.728. The van der Waals surface area contributed by atoms with Crippen molar-refractivity contribution in [3.63, 3.8) is 0 Å². The van der Waals surface area contributed by atoms with Crippen LogP contribution in [0.25, 0.3) is 0 Å². The van der Waals surface area contributed by atoms with E-state index in [2.05, 4.69) is 5.32 Å². The van der Waals surface area contributed by atoms with Crippen molar-refractivity contribution >= 4 is 5.97 Å². The zero-order valence-corrected chi connectivity index (χ0v) is 6.29. The maximum atomic E-state index is 10.6. The van der Waals surface area contributed by atoms with Gasteiger partial charge in [0.25, 0.3) is 0 Å². The van der Waals surface area contributed by atoms with E-state index < -0.39 is 11.9 Å². The Hall–Kier alpha value is -0.610. The van der Waals surface area contributed by atoms with E-state index in [4.69, 9.17) is 10.2 Å². The summed E-state index contributed by atoms with van der Waals surface area (Å²) in [6.07, 6.45) is 1.56. The normalized spacial score (nSPS) is 31.7. The number of carbonyl (C=O) groups is 1. The summed E-state index contributed by atoms with van der Waals surface area (Å²) in [7, 11) is 0. The van der Waals surface area contributed by atoms with Crippen molar-refractivity contribution in [3.8, 4) is 0 Å². The van der Waals surface area contributed by atoms with Crippen LogP contribution in [0.3, 0.4) is 0 Å². The van der Waals surface area contributed by atoms with Crippen molar-refractivity contribution in [1.29, 1.82) is 0 Å². The van der Waals surface area contributed by atoms with Crippen LogP contribution in [-0.4, -0.2) is 35.4 Å². The van der Waals surface area contributed by atoms with Crippen molar-refractivity contribution < 1.29 is 15.0 Å². The average Bonchev–Trinajstić information content (AvgIpc) is 2.04. The first-order chi connectivity index (χ1) is 5.25. The second-order valence-corrected chi connectivity index (χ2v) is 2.83. The number of hydrogen-bond donors (Lipinski definition) is 3. The minimum atomic E-state index is -0.809. The molecule has 2 atom stereocenters. The first kappa shape index (κ1) is 8.49. The lowest BCUT2D eigenvalue weighted by molar-refractivity contribution is -0.144. The van der Waals surface area contributed by atoms with E-state index in [9.17, 15) is 4.79 Å². The highest BCUT2D eigenvalue weighted by molar-refractivity contribution is 5.71. The van der Waals surface area contributed by atoms with E-state index in [1.807, 2.05) is 0 Å². The Bertz CT molecular complexity index is 149. The molecular formula is C7H13NO3. The summed E-state index contributed by atoms with van der Waals surface area (Å²) in [6, 6.07) is -0.249. The van der Waals surface area contributed by atoms with Gasteiger partial charge >= 0.3 is 5.97 Å². The summed E-state index contributed by atoms with van der Waals surface area (Å²) in [5.41, 5.74) is 0. The first-order valence-corrected chi connectivity index (χ1v) is 3.82. The minimum Gasteiger partial charge on any atom is -0.481 e. The Morgan fingerprint density at radius 1 is 1.64 bits per heavy atom. The molecule has 64 valence electrons. The van der Waals surface area contributed by atoms with Crippen molar-refractivity contribution in [1.82, 2.24) is 5.32 Å². The van der Waals surface area contributed by atoms with Crippen LogP contribution in [0.4, 0.5) is 0 Å². The van der Waals surface area contributed by atoms with E-state index in [-0.39, 0.29) is 12.6 Å². The highest BCUT2D eigenvalue weighted by Crippen LogP contribution is 2.15. The maximum absolute atomic E-state index is 10.6. The van der Waals surface area contributed by atoms with E-state index in [1.54, 1.807) is 0 Å². The van der Waals surface area contributed by atoms with Gasteiger partial charge in [-0.1, -0.05) is 0 Å². The molecule has 0 saturated carbocycles. The van der Waals surface area contributed by atoms with Gasteiger partial charge < -0.3 is 15.5 Å². The number of carboxylic acids is 1. The molecule has 1 aliphatic rings. The molecule has 1 rings (SSSR count). The predicted molar refractivity (Wildman–Crippen MR) is 39.2 cm³/mol. The van der Waals surface area contributed by atoms with Crippen LogP contribution >= 0.6 is 0 Å². The molecule has 11 heavy (non-hydrogen) atoms. The third kappa shape index (κ3) is 1.91. The lowest BCUT2D eigenvalue weighted by Gasteiger charge is -2.27. The van der Waals surface area contributed by atoms with Crippen molar-refractivity contribution in [2.75, 3.05) is 13.2 Å². The van der Waals surface area contributed by atoms with Gasteiger partial charge in [0, 0.05) is 6.04 Å². The molecule has 1 heterocycles. The van der Waals surface area contributed by atoms with E-state index in [1.165, 1.54) is 0 Å². The molecule has 0 amide bonds. The van der Waals surface area contributed by atoms with Crippen LogP contribution in [0.2, 0.25) is 0 Å². The number of carboxylic acid groups (broad SMARTS) is 1. The number of piperidine rings is 1. The van der Waals surface area contributed by atoms with Gasteiger partial charge in [-0.15, -0.1) is 0 Å². The fourth-order valence-corrected chi connectivity index (χ4v) is 1.44. The molecule has 0 aliphatic carbocycles. The second-order valence-electron chi connectivity index (χ2n) is 2.83. The van der Waals surface area contributed by atoms with Gasteiger partial charge in [-0.3, -0.25) is 4.79 Å². The maximum Gasteiger partial charge on any atom is 0.308 e. The topological polar surface area (TPSA) is 69.6 Å². The van der Waals surface area contributed by atoms with Gasteiger partial charge in [-0.05, 0) is 19.4 Å². The SMILES string of the molecule is O=C(O)[C@H]1CCCN[C@H]1CO. The number of rotatable bonds is 2. The number of aliphatic hydroxyl groups is 1. The predicted octanol–water partition coefficient (Wildman–Crippen LogP) is -0.569. The average molecular weight is 159 g/mol. The lowest BCUT2D eigenvalue weighted by Crippen LogP contribution is -2.46. The first-order valence-electron chi connectivity index (χ1n) is 3.82. The van der Waals surface area contributed by atoms with E-state index >= 15 is 0 Å². The molecule has 4 heteroatoms. The Morgan fingerprint density at radius 3 is 2.82 bits per heavy atom. The third-order valence-corrected chi connectivity index (χ3v) is 2.10. The fourth-order valence-electron chi connectivity index (χ4n) is 1.44. The molecule has 0 bridgehead atoms. The molecule has 3 N–H and O–H groups in total. The molecule has 0 radical (unpaired) electrons. The Morgan fingerprint density at radius 2 is 2.36 bits per heavy atom. The fraction of sp³-hybridized carbons (Fsp3) is 0.857. The molecule has 1 aliphatic heterocycles. The zero-order valence-electron chi connectivity index (χ0n) is 6.29. The zero-order chi connectivity index (χ0) is 8.27. The molecule has 0 aromatic rings. The van der Waals surface area contributed by atoms with Crippen molar-refractivity contribution in [3.05, 3.63) is 0 Å². The Labute approximate surface area is 65.2 Å². The van der Waals surface area contributed by atoms with Crippen LogP contribution in [0, 0.1) is 5.92 Å². The van der Waals surface area contributed by atoms with Gasteiger partial charge in [0.05, 0.1) is 12.5 Å². The molecule has 0 spiro atoms. The van der Waals surface area contributed by atoms with Gasteiger partial charge in [-0.2, -0.15) is 0 Å². The number of aliphatic hydroxyl groups excluding tert-OH is 1. The number of hydrogen-bond acceptors (Lipinski definition) is 3. The van der Waals surface area contributed by atoms with Crippen LogP contribution in [0.1, 0.15) is 12.8 Å². The summed E-state index contributed by atoms with van der Waals surface area (Å²) < 4.78 is 0. The van der Waals surface area contributed by atoms with Crippen LogP contribution in [0.15, 0.2) is 0 Å². The Kier molecular flexibility index (Phi) is 2.84. The van der Waals surface area contributed by atoms with Crippen molar-refractivity contribution in [2.24, 2.45) is 5.92 Å². The van der Waals surface area contributed by atoms with E-state index in [0.29, 0.717) is 6.42 Å². The number of aliphatic carboxylic acids is 1. The minimum absolute atomic E-state index is 0.0863. The summed E-state index contributed by atoms with van der Waals surface area (Å²) in [5, 5.41) is 20.4. The van der Waals surface area contributed by atoms with Crippen molar-refractivity contribution in [2.45, 2.75) is 18.9 Å². The van der Waals surface area contributed by atoms with Crippen LogP contribution < -0.4 is 5.32 Å². The third-order valence-electron chi connectivity index (χ3n) is 2.10. The van der Waals surface area contributed by atoms with Crippen LogP contribution in [-0.2, 0) is 4.79 Å². The van der Waals surface area contributed by atoms with Gasteiger partial charge in [0.2, 0.25) is 0 Å². The van der Waals surface area contributed by atoms with Gasteiger partial charge in [0.1, 0.15) is 0 Å². The molecule has 0 unspecified atom stereocenters. The van der Waals surface area contributed by atoms with Gasteiger partial charge in [-0.25, -0.2) is 0 Å². The molecule has 0 aromatic heterocycles. The Balaban J connectivity index is 2.51. The standard InChI is InChI=1S/C7H13NO3/c9-4-6-5(7(10)11)2-1-3-8-6/h5-6,8-9H,1-4H2,(H,10,11)/t5-,6-/m0/s1. The quantitative estimate of drug-likeness (QED) is 0.504. The molecular weight excluding hydrogens is 146 g/mol. The summed E-state index contributed by atoms with van der Waals surface area (Å²) >= 11 is 0. The second kappa shape index (κ2) is 3.69. The van der Waals surface area contributed by atoms with Gasteiger partial charge in [0.15, 0.2) is 0 Å². The number of nitrogens with one attached hydrogen (secondary N) is 1. The summed E-state index contributed by atoms with van der Waals surface area (Å²) in [4.78, 5) is 10.6. The monoisotopic (exact) mass is 159 g/mol. The molecule has 1 saturated heterocycles. The molecule has 1 fully saturated rings. The largest absolute Gasteiger partial charge is 0.481 e. The summed E-state index contributed by atoms with van der Waals surface area (Å²) in [5.74, 6) is -1.22. The smallest absolute Gasteiger partial charge is 0.308 e. The highest BCUT2D eigenvalue weighted by Gasteiger charge is 2.29.